The van der Waals surface area contributed by atoms with Crippen molar-refractivity contribution in [1.82, 2.24) is 14.6 Å². The fraction of sp³-hybridized carbons (Fsp3) is 0.353. The van der Waals surface area contributed by atoms with Crippen LogP contribution in [-0.2, 0) is 0 Å². The lowest BCUT2D eigenvalue weighted by Crippen LogP contribution is -2.41. The molecular weight excluding hydrogens is 324 g/mol. The highest BCUT2D eigenvalue weighted by molar-refractivity contribution is 7.98. The smallest absolute Gasteiger partial charge is 0.178 e. The van der Waals surface area contributed by atoms with E-state index in [0.29, 0.717) is 0 Å². The maximum Gasteiger partial charge on any atom is 0.178 e. The zero-order valence-corrected chi connectivity index (χ0v) is 13.9. The van der Waals surface area contributed by atoms with Crippen LogP contribution in [0, 0.1) is 0 Å². The largest absolute Gasteiger partial charge is 0.373 e. The molecule has 126 valence electrons. The van der Waals surface area contributed by atoms with Gasteiger partial charge < -0.3 is 15.5 Å². The minimum atomic E-state index is -0.963. The van der Waals surface area contributed by atoms with Crippen molar-refractivity contribution in [3.63, 3.8) is 0 Å². The number of nitrogens with zero attached hydrogens (tertiary/aromatic N) is 3. The first-order valence-corrected chi connectivity index (χ1v) is 8.81. The van der Waals surface area contributed by atoms with Gasteiger partial charge in [0.25, 0.3) is 0 Å². The molecule has 0 amide bonds. The number of aromatic nitrogens is 1. The second-order valence-corrected chi connectivity index (χ2v) is 6.98. The molecule has 0 aliphatic carbocycles. The summed E-state index contributed by atoms with van der Waals surface area (Å²) < 4.78 is 3.65. The van der Waals surface area contributed by atoms with Gasteiger partial charge in [-0.1, -0.05) is 18.2 Å². The monoisotopic (exact) mass is 344 g/mol. The topological polar surface area (TPSA) is 71.9 Å². The average Bonchev–Trinajstić information content (AvgIpc) is 3.25. The summed E-state index contributed by atoms with van der Waals surface area (Å²) in [5.74, 6) is 0. The Bertz CT molecular complexity index is 696. The predicted octanol–water partition coefficient (Wildman–Crippen LogP) is 1.43. The van der Waals surface area contributed by atoms with E-state index in [2.05, 4.69) is 10.3 Å². The van der Waals surface area contributed by atoms with Crippen LogP contribution in [-0.4, -0.2) is 51.1 Å². The normalized spacial score (nSPS) is 27.8. The maximum absolute atomic E-state index is 10.5. The zero-order chi connectivity index (χ0) is 16.5. The van der Waals surface area contributed by atoms with Crippen LogP contribution in [0.2, 0.25) is 0 Å². The van der Waals surface area contributed by atoms with E-state index in [0.717, 1.165) is 36.5 Å². The van der Waals surface area contributed by atoms with Crippen LogP contribution in [0.3, 0.4) is 0 Å². The SMILES string of the molecule is OC1C(O)N(C2CCNC2)SN1c1cccc(-c2ccccn2)c1. The van der Waals surface area contributed by atoms with E-state index in [1.54, 1.807) is 10.5 Å². The highest BCUT2D eigenvalue weighted by atomic mass is 32.2. The van der Waals surface area contributed by atoms with E-state index in [4.69, 9.17) is 0 Å². The maximum atomic E-state index is 10.5. The minimum Gasteiger partial charge on any atom is -0.373 e. The summed E-state index contributed by atoms with van der Waals surface area (Å²) in [5.41, 5.74) is 2.72. The van der Waals surface area contributed by atoms with Gasteiger partial charge >= 0.3 is 0 Å². The molecule has 3 unspecified atom stereocenters. The van der Waals surface area contributed by atoms with Crippen LogP contribution < -0.4 is 9.62 Å². The number of hydrogen-bond donors (Lipinski definition) is 3. The van der Waals surface area contributed by atoms with Crippen molar-refractivity contribution < 1.29 is 10.2 Å². The number of anilines is 1. The molecule has 0 saturated carbocycles. The lowest BCUT2D eigenvalue weighted by molar-refractivity contribution is -0.0318. The molecule has 2 aliphatic rings. The fourth-order valence-electron chi connectivity index (χ4n) is 3.13. The van der Waals surface area contributed by atoms with E-state index in [-0.39, 0.29) is 6.04 Å². The summed E-state index contributed by atoms with van der Waals surface area (Å²) in [4.78, 5) is 4.37. The van der Waals surface area contributed by atoms with Gasteiger partial charge in [-0.25, -0.2) is 0 Å². The first-order valence-electron chi connectivity index (χ1n) is 8.08. The summed E-state index contributed by atoms with van der Waals surface area (Å²) in [6.45, 7) is 1.78. The summed E-state index contributed by atoms with van der Waals surface area (Å²) >= 11 is 1.39. The van der Waals surface area contributed by atoms with Gasteiger partial charge in [0, 0.05) is 36.5 Å². The van der Waals surface area contributed by atoms with E-state index in [9.17, 15) is 10.2 Å². The van der Waals surface area contributed by atoms with Gasteiger partial charge in [-0.2, -0.15) is 4.31 Å². The number of benzene rings is 1. The third kappa shape index (κ3) is 2.89. The first kappa shape index (κ1) is 15.9. The number of aliphatic hydroxyl groups excluding tert-OH is 2. The third-order valence-electron chi connectivity index (χ3n) is 4.41. The second-order valence-electron chi connectivity index (χ2n) is 6.01. The van der Waals surface area contributed by atoms with Crippen LogP contribution in [0.25, 0.3) is 11.3 Å². The van der Waals surface area contributed by atoms with Gasteiger partial charge in [-0.3, -0.25) is 9.29 Å². The van der Waals surface area contributed by atoms with Gasteiger partial charge in [0.1, 0.15) is 0 Å². The number of nitrogens with one attached hydrogen (secondary N) is 1. The lowest BCUT2D eigenvalue weighted by atomic mass is 10.1. The minimum absolute atomic E-state index is 0.226. The van der Waals surface area contributed by atoms with Crippen molar-refractivity contribution in [2.75, 3.05) is 17.4 Å². The zero-order valence-electron chi connectivity index (χ0n) is 13.1. The van der Waals surface area contributed by atoms with Crippen molar-refractivity contribution >= 4 is 17.8 Å². The Morgan fingerprint density at radius 1 is 1.12 bits per heavy atom. The molecule has 2 fully saturated rings. The fourth-order valence-corrected chi connectivity index (χ4v) is 4.26. The van der Waals surface area contributed by atoms with Crippen LogP contribution in [0.5, 0.6) is 0 Å². The molecule has 24 heavy (non-hydrogen) atoms. The molecule has 1 aromatic carbocycles. The third-order valence-corrected chi connectivity index (χ3v) is 5.71. The second kappa shape index (κ2) is 6.70. The number of hydrogen-bond acceptors (Lipinski definition) is 7. The Hall–Kier alpha value is -1.64. The van der Waals surface area contributed by atoms with Crippen molar-refractivity contribution in [2.45, 2.75) is 24.9 Å². The van der Waals surface area contributed by atoms with Gasteiger partial charge in [0.2, 0.25) is 0 Å². The van der Waals surface area contributed by atoms with Crippen molar-refractivity contribution in [3.05, 3.63) is 48.7 Å². The summed E-state index contributed by atoms with van der Waals surface area (Å²) in [5, 5.41) is 24.2. The molecule has 1 aromatic heterocycles. The molecule has 0 bridgehead atoms. The Morgan fingerprint density at radius 2 is 2.04 bits per heavy atom. The van der Waals surface area contributed by atoms with Crippen molar-refractivity contribution in [2.24, 2.45) is 0 Å². The molecule has 7 heteroatoms. The van der Waals surface area contributed by atoms with Crippen LogP contribution in [0.1, 0.15) is 6.42 Å². The van der Waals surface area contributed by atoms with Crippen LogP contribution >= 0.6 is 12.1 Å². The van der Waals surface area contributed by atoms with Crippen LogP contribution in [0.15, 0.2) is 48.7 Å². The van der Waals surface area contributed by atoms with Gasteiger partial charge in [0.15, 0.2) is 12.5 Å². The van der Waals surface area contributed by atoms with Gasteiger partial charge in [0.05, 0.1) is 11.4 Å². The average molecular weight is 344 g/mol. The summed E-state index contributed by atoms with van der Waals surface area (Å²) in [6, 6.07) is 13.9. The molecule has 3 heterocycles. The highest BCUT2D eigenvalue weighted by Crippen LogP contribution is 2.40. The van der Waals surface area contributed by atoms with E-state index < -0.39 is 12.5 Å². The molecule has 6 nitrogen and oxygen atoms in total. The van der Waals surface area contributed by atoms with E-state index in [1.807, 2.05) is 46.8 Å². The molecule has 0 spiro atoms. The summed E-state index contributed by atoms with van der Waals surface area (Å²) in [6.07, 6.45) is 0.867. The number of rotatable bonds is 3. The van der Waals surface area contributed by atoms with Gasteiger partial charge in [-0.05, 0) is 37.2 Å². The molecule has 2 aromatic rings. The van der Waals surface area contributed by atoms with Crippen molar-refractivity contribution in [1.29, 1.82) is 0 Å². The standard InChI is InChI=1S/C17H20N4O2S/c22-16-17(23)21(14-7-9-18-11-14)24-20(16)13-5-3-4-12(10-13)15-6-1-2-8-19-15/h1-6,8,10,14,16-18,22-23H,7,9,11H2. The van der Waals surface area contributed by atoms with E-state index in [1.165, 1.54) is 12.1 Å². The first-order chi connectivity index (χ1) is 11.7. The van der Waals surface area contributed by atoms with E-state index >= 15 is 0 Å². The Labute approximate surface area is 145 Å². The van der Waals surface area contributed by atoms with Crippen molar-refractivity contribution in [3.8, 4) is 11.3 Å². The quantitative estimate of drug-likeness (QED) is 0.728. The molecular formula is C17H20N4O2S. The molecule has 0 radical (unpaired) electrons. The summed E-state index contributed by atoms with van der Waals surface area (Å²) in [7, 11) is 0. The molecule has 3 N–H and O–H groups in total. The van der Waals surface area contributed by atoms with Gasteiger partial charge in [-0.15, -0.1) is 0 Å². The molecule has 4 rings (SSSR count). The number of pyridine rings is 1. The predicted molar refractivity (Wildman–Crippen MR) is 94.9 cm³/mol. The Morgan fingerprint density at radius 3 is 2.79 bits per heavy atom. The Balaban J connectivity index is 1.59. The Kier molecular flexibility index (Phi) is 4.43. The number of aliphatic hydroxyl groups is 2. The highest BCUT2D eigenvalue weighted by Gasteiger charge is 2.43. The van der Waals surface area contributed by atoms with Crippen LogP contribution in [0.4, 0.5) is 5.69 Å². The molecule has 2 saturated heterocycles. The molecule has 3 atom stereocenters. The molecule has 2 aliphatic heterocycles. The lowest BCUT2D eigenvalue weighted by Gasteiger charge is -2.23.